The van der Waals surface area contributed by atoms with Gasteiger partial charge in [-0.1, -0.05) is 23.7 Å². The van der Waals surface area contributed by atoms with E-state index >= 15 is 0 Å². The van der Waals surface area contributed by atoms with Crippen LogP contribution in [-0.2, 0) is 19.1 Å². The second-order valence-corrected chi connectivity index (χ2v) is 5.15. The van der Waals surface area contributed by atoms with Gasteiger partial charge in [0.1, 0.15) is 5.57 Å². The van der Waals surface area contributed by atoms with Gasteiger partial charge in [-0.05, 0) is 30.2 Å². The van der Waals surface area contributed by atoms with E-state index in [4.69, 9.17) is 21.1 Å². The van der Waals surface area contributed by atoms with Crippen LogP contribution in [-0.4, -0.2) is 17.7 Å². The minimum Gasteiger partial charge on any atom is -0.419 e. The second kappa shape index (κ2) is 4.70. The first-order chi connectivity index (χ1) is 8.78. The monoisotopic (exact) mass is 280 g/mol. The van der Waals surface area contributed by atoms with Crippen LogP contribution in [0.2, 0.25) is 5.02 Å². The fraction of sp³-hybridized carbons (Fsp3) is 0.286. The fourth-order valence-electron chi connectivity index (χ4n) is 1.64. The average Bonchev–Trinajstić information content (AvgIpc) is 2.27. The second-order valence-electron chi connectivity index (χ2n) is 4.75. The third-order valence-corrected chi connectivity index (χ3v) is 3.03. The molecule has 0 N–H and O–H groups in total. The molecule has 0 spiro atoms. The van der Waals surface area contributed by atoms with Gasteiger partial charge in [0.05, 0.1) is 0 Å². The van der Waals surface area contributed by atoms with E-state index in [9.17, 15) is 9.59 Å². The molecule has 1 heterocycles. The Morgan fingerprint density at radius 1 is 1.16 bits per heavy atom. The minimum absolute atomic E-state index is 0.140. The van der Waals surface area contributed by atoms with Crippen molar-refractivity contribution in [2.24, 2.45) is 0 Å². The highest BCUT2D eigenvalue weighted by Gasteiger charge is 2.38. The molecule has 4 nitrogen and oxygen atoms in total. The summed E-state index contributed by atoms with van der Waals surface area (Å²) in [6.07, 6.45) is 1.41. The van der Waals surface area contributed by atoms with Crippen molar-refractivity contribution in [1.29, 1.82) is 0 Å². The maximum Gasteiger partial charge on any atom is 0.348 e. The van der Waals surface area contributed by atoms with Crippen LogP contribution in [0.1, 0.15) is 25.0 Å². The summed E-state index contributed by atoms with van der Waals surface area (Å²) in [6, 6.07) is 5.23. The Hall–Kier alpha value is -1.81. The number of benzene rings is 1. The van der Waals surface area contributed by atoms with E-state index in [1.807, 2.05) is 6.92 Å². The summed E-state index contributed by atoms with van der Waals surface area (Å²) < 4.78 is 10.00. The van der Waals surface area contributed by atoms with Gasteiger partial charge in [-0.2, -0.15) is 0 Å². The summed E-state index contributed by atoms with van der Waals surface area (Å²) >= 11 is 5.99. The highest BCUT2D eigenvalue weighted by molar-refractivity contribution is 6.31. The molecule has 0 radical (unpaired) electrons. The largest absolute Gasteiger partial charge is 0.419 e. The predicted octanol–water partition coefficient (Wildman–Crippen LogP) is 2.87. The van der Waals surface area contributed by atoms with Crippen molar-refractivity contribution in [2.75, 3.05) is 0 Å². The molecule has 5 heteroatoms. The van der Waals surface area contributed by atoms with Gasteiger partial charge < -0.3 is 9.47 Å². The van der Waals surface area contributed by atoms with Gasteiger partial charge in [0.15, 0.2) is 0 Å². The van der Waals surface area contributed by atoms with Crippen molar-refractivity contribution in [3.8, 4) is 0 Å². The van der Waals surface area contributed by atoms with E-state index < -0.39 is 17.7 Å². The lowest BCUT2D eigenvalue weighted by molar-refractivity contribution is -0.222. The van der Waals surface area contributed by atoms with Gasteiger partial charge in [0, 0.05) is 18.9 Å². The summed E-state index contributed by atoms with van der Waals surface area (Å²) in [6.45, 7) is 4.87. The lowest BCUT2D eigenvalue weighted by Gasteiger charge is -2.29. The Morgan fingerprint density at radius 2 is 1.74 bits per heavy atom. The summed E-state index contributed by atoms with van der Waals surface area (Å²) in [5, 5.41) is 0.562. The molecule has 0 unspecified atom stereocenters. The number of carbonyl (C=O) groups is 2. The first-order valence-electron chi connectivity index (χ1n) is 5.73. The Labute approximate surface area is 116 Å². The molecule has 1 fully saturated rings. The Kier molecular flexibility index (Phi) is 3.37. The number of rotatable bonds is 1. The third kappa shape index (κ3) is 2.96. The van der Waals surface area contributed by atoms with Crippen molar-refractivity contribution in [1.82, 2.24) is 0 Å². The molecule has 19 heavy (non-hydrogen) atoms. The van der Waals surface area contributed by atoms with Crippen molar-refractivity contribution in [3.63, 3.8) is 0 Å². The maximum absolute atomic E-state index is 11.8. The quantitative estimate of drug-likeness (QED) is 0.451. The molecule has 0 saturated carbocycles. The molecule has 2 rings (SSSR count). The van der Waals surface area contributed by atoms with Crippen LogP contribution in [0.3, 0.4) is 0 Å². The molecule has 1 aliphatic rings. The number of aryl methyl sites for hydroxylation is 1. The number of carbonyl (C=O) groups excluding carboxylic acids is 2. The normalized spacial score (nSPS) is 17.8. The summed E-state index contributed by atoms with van der Waals surface area (Å²) in [5.74, 6) is -2.62. The molecule has 1 aliphatic heterocycles. The standard InChI is InChI=1S/C14H13ClO4/c1-8-4-5-9(7-11(8)15)6-10-12(16)18-14(2,3)19-13(10)17/h4-7H,1-3H3. The summed E-state index contributed by atoms with van der Waals surface area (Å²) in [7, 11) is 0. The first kappa shape index (κ1) is 13.6. The lowest BCUT2D eigenvalue weighted by Crippen LogP contribution is -2.41. The van der Waals surface area contributed by atoms with Crippen molar-refractivity contribution >= 4 is 29.6 Å². The van der Waals surface area contributed by atoms with Gasteiger partial charge in [0.2, 0.25) is 0 Å². The van der Waals surface area contributed by atoms with Crippen LogP contribution in [0.25, 0.3) is 6.08 Å². The van der Waals surface area contributed by atoms with Gasteiger partial charge in [-0.15, -0.1) is 0 Å². The van der Waals surface area contributed by atoms with Crippen LogP contribution >= 0.6 is 11.6 Å². The van der Waals surface area contributed by atoms with Crippen LogP contribution < -0.4 is 0 Å². The predicted molar refractivity (Wildman–Crippen MR) is 70.4 cm³/mol. The topological polar surface area (TPSA) is 52.6 Å². The van der Waals surface area contributed by atoms with Crippen molar-refractivity contribution in [3.05, 3.63) is 39.9 Å². The van der Waals surface area contributed by atoms with E-state index in [0.29, 0.717) is 10.6 Å². The summed E-state index contributed by atoms with van der Waals surface area (Å²) in [5.41, 5.74) is 1.41. The molecule has 1 aromatic carbocycles. The number of hydrogen-bond acceptors (Lipinski definition) is 4. The molecule has 0 bridgehead atoms. The van der Waals surface area contributed by atoms with E-state index in [-0.39, 0.29) is 5.57 Å². The molecular formula is C14H13ClO4. The molecule has 0 atom stereocenters. The van der Waals surface area contributed by atoms with Crippen molar-refractivity contribution < 1.29 is 19.1 Å². The number of esters is 2. The number of hydrogen-bond donors (Lipinski definition) is 0. The SMILES string of the molecule is Cc1ccc(C=C2C(=O)OC(C)(C)OC2=O)cc1Cl. The minimum atomic E-state index is -1.23. The highest BCUT2D eigenvalue weighted by atomic mass is 35.5. The molecule has 0 aromatic heterocycles. The molecule has 1 aromatic rings. The average molecular weight is 281 g/mol. The Balaban J connectivity index is 2.35. The van der Waals surface area contributed by atoms with Crippen LogP contribution in [0.5, 0.6) is 0 Å². The molecule has 0 amide bonds. The maximum atomic E-state index is 11.8. The van der Waals surface area contributed by atoms with Crippen molar-refractivity contribution in [2.45, 2.75) is 26.6 Å². The molecule has 0 aliphatic carbocycles. The van der Waals surface area contributed by atoms with Crippen LogP contribution in [0.4, 0.5) is 0 Å². The fourth-order valence-corrected chi connectivity index (χ4v) is 1.83. The van der Waals surface area contributed by atoms with Gasteiger partial charge in [-0.25, -0.2) is 9.59 Å². The van der Waals surface area contributed by atoms with Gasteiger partial charge in [0.25, 0.3) is 5.79 Å². The zero-order valence-corrected chi connectivity index (χ0v) is 11.6. The van der Waals surface area contributed by atoms with Gasteiger partial charge in [-0.3, -0.25) is 0 Å². The summed E-state index contributed by atoms with van der Waals surface area (Å²) in [4.78, 5) is 23.5. The lowest BCUT2D eigenvalue weighted by atomic mass is 10.1. The Morgan fingerprint density at radius 3 is 2.26 bits per heavy atom. The zero-order chi connectivity index (χ0) is 14.2. The van der Waals surface area contributed by atoms with E-state index in [1.54, 1.807) is 18.2 Å². The van der Waals surface area contributed by atoms with E-state index in [0.717, 1.165) is 5.56 Å². The zero-order valence-electron chi connectivity index (χ0n) is 10.8. The van der Waals surface area contributed by atoms with Gasteiger partial charge >= 0.3 is 11.9 Å². The third-order valence-electron chi connectivity index (χ3n) is 2.62. The number of halogens is 1. The number of ether oxygens (including phenoxy) is 2. The van der Waals surface area contributed by atoms with Crippen LogP contribution in [0.15, 0.2) is 23.8 Å². The smallest absolute Gasteiger partial charge is 0.348 e. The molecule has 1 saturated heterocycles. The Bertz CT molecular complexity index is 565. The van der Waals surface area contributed by atoms with E-state index in [1.165, 1.54) is 19.9 Å². The van der Waals surface area contributed by atoms with E-state index in [2.05, 4.69) is 0 Å². The molecule has 100 valence electrons. The van der Waals surface area contributed by atoms with Crippen LogP contribution in [0, 0.1) is 6.92 Å². The first-order valence-corrected chi connectivity index (χ1v) is 6.11. The number of cyclic esters (lactones) is 2. The highest BCUT2D eigenvalue weighted by Crippen LogP contribution is 2.25. The molecular weight excluding hydrogens is 268 g/mol.